The second-order valence-electron chi connectivity index (χ2n) is 9.67. The lowest BCUT2D eigenvalue weighted by Gasteiger charge is -2.26. The van der Waals surface area contributed by atoms with Crippen LogP contribution in [0.1, 0.15) is 11.1 Å². The van der Waals surface area contributed by atoms with Gasteiger partial charge in [-0.2, -0.15) is 5.10 Å². The maximum atomic E-state index is 5.94. The van der Waals surface area contributed by atoms with Crippen LogP contribution in [0.2, 0.25) is 0 Å². The van der Waals surface area contributed by atoms with Gasteiger partial charge in [0, 0.05) is 49.5 Å². The molecule has 0 atom stereocenters. The molecule has 5 aromatic rings. The van der Waals surface area contributed by atoms with Crippen molar-refractivity contribution in [3.05, 3.63) is 121 Å². The van der Waals surface area contributed by atoms with Crippen molar-refractivity contribution in [2.24, 2.45) is 0 Å². The third-order valence-electron chi connectivity index (χ3n) is 6.69. The minimum Gasteiger partial charge on any atom is -0.497 e. The third-order valence-corrected chi connectivity index (χ3v) is 6.69. The van der Waals surface area contributed by atoms with E-state index < -0.39 is 0 Å². The standard InChI is InChI=1S/C34H36N4O5/c1-39-31-7-3-6-28(22-31)26-37(25-27-10-12-29(13-11-27)38-17-5-15-36-38)30-14-16-35-34(23-30)43-21-19-41-18-20-42-33-9-4-8-32(24-33)40-2/h3-17,22-24H,18-21,25-26H2,1-2H3. The van der Waals surface area contributed by atoms with Gasteiger partial charge < -0.3 is 28.6 Å². The average molecular weight is 581 g/mol. The van der Waals surface area contributed by atoms with Crippen LogP contribution in [0.15, 0.2) is 110 Å². The van der Waals surface area contributed by atoms with Crippen molar-refractivity contribution in [3.8, 4) is 28.8 Å². The van der Waals surface area contributed by atoms with Crippen molar-refractivity contribution in [1.29, 1.82) is 0 Å². The number of nitrogens with zero attached hydrogens (tertiary/aromatic N) is 4. The first-order valence-electron chi connectivity index (χ1n) is 14.1. The van der Waals surface area contributed by atoms with Crippen LogP contribution in [-0.2, 0) is 17.8 Å². The van der Waals surface area contributed by atoms with Gasteiger partial charge in [-0.25, -0.2) is 9.67 Å². The first-order chi connectivity index (χ1) is 21.2. The number of rotatable bonds is 16. The van der Waals surface area contributed by atoms with E-state index in [2.05, 4.69) is 51.4 Å². The number of ether oxygens (including phenoxy) is 5. The predicted octanol–water partition coefficient (Wildman–Crippen LogP) is 5.97. The first kappa shape index (κ1) is 29.5. The Morgan fingerprint density at radius 2 is 1.37 bits per heavy atom. The predicted molar refractivity (Wildman–Crippen MR) is 165 cm³/mol. The lowest BCUT2D eigenvalue weighted by molar-refractivity contribution is 0.0753. The van der Waals surface area contributed by atoms with Crippen molar-refractivity contribution < 1.29 is 23.7 Å². The van der Waals surface area contributed by atoms with E-state index in [0.29, 0.717) is 45.4 Å². The fourth-order valence-corrected chi connectivity index (χ4v) is 4.52. The zero-order valence-electron chi connectivity index (χ0n) is 24.5. The lowest BCUT2D eigenvalue weighted by Crippen LogP contribution is -2.22. The van der Waals surface area contributed by atoms with E-state index >= 15 is 0 Å². The van der Waals surface area contributed by atoms with E-state index in [9.17, 15) is 0 Å². The molecule has 0 bridgehead atoms. The van der Waals surface area contributed by atoms with E-state index in [0.717, 1.165) is 34.2 Å². The summed E-state index contributed by atoms with van der Waals surface area (Å²) in [7, 11) is 3.31. The third kappa shape index (κ3) is 8.73. The molecule has 2 heterocycles. The van der Waals surface area contributed by atoms with Crippen LogP contribution in [0.5, 0.6) is 23.1 Å². The lowest BCUT2D eigenvalue weighted by atomic mass is 10.1. The summed E-state index contributed by atoms with van der Waals surface area (Å²) in [6.45, 7) is 3.04. The van der Waals surface area contributed by atoms with Crippen LogP contribution < -0.4 is 23.8 Å². The van der Waals surface area contributed by atoms with Gasteiger partial charge in [-0.1, -0.05) is 30.3 Å². The summed E-state index contributed by atoms with van der Waals surface area (Å²) in [6.07, 6.45) is 5.48. The van der Waals surface area contributed by atoms with Crippen LogP contribution in [0.4, 0.5) is 5.69 Å². The van der Waals surface area contributed by atoms with Gasteiger partial charge in [0.1, 0.15) is 30.5 Å². The van der Waals surface area contributed by atoms with E-state index in [1.165, 1.54) is 5.56 Å². The van der Waals surface area contributed by atoms with E-state index in [1.807, 2.05) is 65.5 Å². The molecule has 0 unspecified atom stereocenters. The van der Waals surface area contributed by atoms with E-state index in [4.69, 9.17) is 23.7 Å². The minimum absolute atomic E-state index is 0.375. The quantitative estimate of drug-likeness (QED) is 0.132. The van der Waals surface area contributed by atoms with Crippen molar-refractivity contribution >= 4 is 5.69 Å². The molecule has 0 amide bonds. The van der Waals surface area contributed by atoms with Crippen LogP contribution in [0.3, 0.4) is 0 Å². The van der Waals surface area contributed by atoms with Crippen molar-refractivity contribution in [2.75, 3.05) is 45.5 Å². The second kappa shape index (κ2) is 15.3. The molecule has 5 rings (SSSR count). The molecule has 0 aliphatic heterocycles. The topological polar surface area (TPSA) is 80.1 Å². The molecular weight excluding hydrogens is 544 g/mol. The Kier molecular flexibility index (Phi) is 10.5. The molecule has 0 spiro atoms. The Balaban J connectivity index is 1.18. The number of pyridine rings is 1. The van der Waals surface area contributed by atoms with Crippen molar-refractivity contribution in [2.45, 2.75) is 13.1 Å². The molecule has 0 aliphatic carbocycles. The molecule has 9 heteroatoms. The highest BCUT2D eigenvalue weighted by molar-refractivity contribution is 5.50. The molecular formula is C34H36N4O5. The van der Waals surface area contributed by atoms with Gasteiger partial charge in [-0.05, 0) is 59.7 Å². The fourth-order valence-electron chi connectivity index (χ4n) is 4.52. The maximum Gasteiger partial charge on any atom is 0.215 e. The van der Waals surface area contributed by atoms with Gasteiger partial charge in [0.05, 0.1) is 33.1 Å². The summed E-state index contributed by atoms with van der Waals surface area (Å²) < 4.78 is 29.9. The number of methoxy groups -OCH3 is 2. The minimum atomic E-state index is 0.375. The van der Waals surface area contributed by atoms with E-state index in [1.54, 1.807) is 26.6 Å². The van der Waals surface area contributed by atoms with Gasteiger partial charge >= 0.3 is 0 Å². The number of anilines is 1. The zero-order valence-corrected chi connectivity index (χ0v) is 24.5. The first-order valence-corrected chi connectivity index (χ1v) is 14.1. The van der Waals surface area contributed by atoms with Gasteiger partial charge in [0.15, 0.2) is 0 Å². The number of aromatic nitrogens is 3. The number of hydrogen-bond acceptors (Lipinski definition) is 8. The van der Waals surface area contributed by atoms with E-state index in [-0.39, 0.29) is 0 Å². The van der Waals surface area contributed by atoms with Crippen LogP contribution in [-0.4, -0.2) is 55.4 Å². The van der Waals surface area contributed by atoms with Crippen LogP contribution in [0, 0.1) is 0 Å². The Morgan fingerprint density at radius 1 is 0.651 bits per heavy atom. The normalized spacial score (nSPS) is 10.7. The smallest absolute Gasteiger partial charge is 0.215 e. The van der Waals surface area contributed by atoms with Crippen molar-refractivity contribution in [3.63, 3.8) is 0 Å². The highest BCUT2D eigenvalue weighted by atomic mass is 16.5. The molecule has 0 fully saturated rings. The molecule has 0 N–H and O–H groups in total. The summed E-state index contributed by atoms with van der Waals surface area (Å²) >= 11 is 0. The molecule has 0 saturated carbocycles. The van der Waals surface area contributed by atoms with Crippen molar-refractivity contribution in [1.82, 2.24) is 14.8 Å². The monoisotopic (exact) mass is 580 g/mol. The number of benzene rings is 3. The maximum absolute atomic E-state index is 5.94. The summed E-state index contributed by atoms with van der Waals surface area (Å²) in [5.41, 5.74) is 4.32. The fraction of sp³-hybridized carbons (Fsp3) is 0.235. The average Bonchev–Trinajstić information content (AvgIpc) is 3.60. The van der Waals surface area contributed by atoms with Gasteiger partial charge in [-0.3, -0.25) is 0 Å². The Hall–Kier alpha value is -5.02. The molecule has 9 nitrogen and oxygen atoms in total. The summed E-state index contributed by atoms with van der Waals surface area (Å²) in [5.74, 6) is 2.87. The molecule has 0 aliphatic rings. The Labute approximate surface area is 252 Å². The highest BCUT2D eigenvalue weighted by Crippen LogP contribution is 2.25. The highest BCUT2D eigenvalue weighted by Gasteiger charge is 2.12. The zero-order chi connectivity index (χ0) is 29.7. The van der Waals surface area contributed by atoms with Crippen LogP contribution >= 0.6 is 0 Å². The Morgan fingerprint density at radius 3 is 2.14 bits per heavy atom. The molecule has 2 aromatic heterocycles. The molecule has 0 radical (unpaired) electrons. The molecule has 3 aromatic carbocycles. The van der Waals surface area contributed by atoms with Crippen LogP contribution in [0.25, 0.3) is 5.69 Å². The largest absolute Gasteiger partial charge is 0.497 e. The van der Waals surface area contributed by atoms with Gasteiger partial charge in [-0.15, -0.1) is 0 Å². The van der Waals surface area contributed by atoms with Gasteiger partial charge in [0.25, 0.3) is 0 Å². The molecule has 0 saturated heterocycles. The molecule has 43 heavy (non-hydrogen) atoms. The summed E-state index contributed by atoms with van der Waals surface area (Å²) in [5, 5.41) is 4.32. The SMILES string of the molecule is COc1cccc(CN(Cc2ccc(-n3cccn3)cc2)c2ccnc(OCCOCCOc3cccc(OC)c3)c2)c1. The second-order valence-corrected chi connectivity index (χ2v) is 9.67. The Bertz CT molecular complexity index is 1540. The van der Waals surface area contributed by atoms with Gasteiger partial charge in [0.2, 0.25) is 5.88 Å². The molecule has 222 valence electrons. The summed E-state index contributed by atoms with van der Waals surface area (Å²) in [4.78, 5) is 6.71. The number of hydrogen-bond donors (Lipinski definition) is 0. The summed E-state index contributed by atoms with van der Waals surface area (Å²) in [6, 6.07) is 29.9.